The first-order valence-corrected chi connectivity index (χ1v) is 28.1. The Kier molecular flexibility index (Phi) is 26.5. The molecule has 3 fully saturated rings. The van der Waals surface area contributed by atoms with Gasteiger partial charge in [0.15, 0.2) is 5.96 Å². The van der Waals surface area contributed by atoms with E-state index in [1.807, 2.05) is 20.8 Å². The molecule has 4 rings (SSSR count). The molecule has 0 aromatic heterocycles. The highest BCUT2D eigenvalue weighted by Gasteiger charge is 2.43. The number of carbonyl (C=O) groups is 10. The van der Waals surface area contributed by atoms with Crippen LogP contribution in [0, 0.1) is 11.8 Å². The first-order chi connectivity index (χ1) is 38.0. The smallest absolute Gasteiger partial charge is 0.326 e. The van der Waals surface area contributed by atoms with Crippen LogP contribution in [0.4, 0.5) is 0 Å². The second kappa shape index (κ2) is 32.4. The zero-order valence-electron chi connectivity index (χ0n) is 47.0. The van der Waals surface area contributed by atoms with Crippen LogP contribution in [0.1, 0.15) is 124 Å². The quantitative estimate of drug-likeness (QED) is 0.0213. The number of nitrogens with two attached hydrogens (primary N) is 4. The second-order valence-corrected chi connectivity index (χ2v) is 21.7. The second-order valence-electron chi connectivity index (χ2n) is 21.7. The largest absolute Gasteiger partial charge is 0.480 e. The molecule has 3 aliphatic rings. The number of rotatable bonds is 31. The number of carbonyl (C=O) groups excluding carboxylic acids is 9. The van der Waals surface area contributed by atoms with Crippen molar-refractivity contribution < 1.29 is 58.2 Å². The highest BCUT2D eigenvalue weighted by atomic mass is 16.4. The fourth-order valence-electron chi connectivity index (χ4n) is 10.3. The number of aliphatic carboxylic acids is 1. The number of nitrogens with one attached hydrogen (secondary N) is 6. The summed E-state index contributed by atoms with van der Waals surface area (Å²) in [6.45, 7) is 8.64. The molecule has 80 heavy (non-hydrogen) atoms. The number of aliphatic imine (C=N–C) groups is 1. The van der Waals surface area contributed by atoms with Crippen molar-refractivity contribution in [2.75, 3.05) is 39.3 Å². The summed E-state index contributed by atoms with van der Waals surface area (Å²) in [4.78, 5) is 146. The summed E-state index contributed by atoms with van der Waals surface area (Å²) in [5.74, 6) is -8.25. The van der Waals surface area contributed by atoms with Crippen molar-refractivity contribution in [2.45, 2.75) is 185 Å². The van der Waals surface area contributed by atoms with E-state index in [4.69, 9.17) is 22.9 Å². The fraction of sp³-hybridized carbons (Fsp3) is 0.685. The number of aliphatic hydroxyl groups excluding tert-OH is 1. The zero-order chi connectivity index (χ0) is 59.2. The van der Waals surface area contributed by atoms with E-state index >= 15 is 0 Å². The van der Waals surface area contributed by atoms with Crippen molar-refractivity contribution >= 4 is 65.1 Å². The molecule has 0 bridgehead atoms. The summed E-state index contributed by atoms with van der Waals surface area (Å²) in [7, 11) is 0. The van der Waals surface area contributed by atoms with Crippen molar-refractivity contribution in [3.05, 3.63) is 35.9 Å². The van der Waals surface area contributed by atoms with Crippen LogP contribution in [-0.2, 0) is 54.4 Å². The topological polar surface area (TPSA) is 409 Å². The molecule has 16 N–H and O–H groups in total. The number of hydrogen-bond acceptors (Lipinski definition) is 14. The highest BCUT2D eigenvalue weighted by molar-refractivity contribution is 5.99. The summed E-state index contributed by atoms with van der Waals surface area (Å²) < 4.78 is 0. The zero-order valence-corrected chi connectivity index (χ0v) is 47.0. The molecule has 0 aliphatic carbocycles. The molecule has 0 unspecified atom stereocenters. The first kappa shape index (κ1) is 65.6. The van der Waals surface area contributed by atoms with E-state index < -0.39 is 126 Å². The van der Waals surface area contributed by atoms with Gasteiger partial charge in [0.2, 0.25) is 53.2 Å². The average Bonchev–Trinajstić information content (AvgIpc) is 4.24. The summed E-state index contributed by atoms with van der Waals surface area (Å²) in [5, 5.41) is 36.3. The van der Waals surface area contributed by atoms with E-state index in [-0.39, 0.29) is 88.9 Å². The van der Waals surface area contributed by atoms with Gasteiger partial charge in [0.1, 0.15) is 54.4 Å². The van der Waals surface area contributed by atoms with Crippen molar-refractivity contribution in [1.82, 2.24) is 46.6 Å². The minimum absolute atomic E-state index is 0.0325. The van der Waals surface area contributed by atoms with Crippen LogP contribution in [0.15, 0.2) is 35.3 Å². The molecule has 1 aromatic carbocycles. The summed E-state index contributed by atoms with van der Waals surface area (Å²) in [5.41, 5.74) is 23.8. The van der Waals surface area contributed by atoms with E-state index in [1.165, 1.54) is 14.7 Å². The Balaban J connectivity index is 1.48. The Morgan fingerprint density at radius 2 is 1.12 bits per heavy atom. The van der Waals surface area contributed by atoms with Crippen molar-refractivity contribution in [1.29, 1.82) is 0 Å². The highest BCUT2D eigenvalue weighted by Crippen LogP contribution is 2.24. The van der Waals surface area contributed by atoms with Gasteiger partial charge in [0, 0.05) is 32.6 Å². The number of likely N-dealkylation sites (tertiary alicyclic amines) is 3. The molecule has 3 aliphatic heterocycles. The lowest BCUT2D eigenvalue weighted by Gasteiger charge is -2.33. The number of nitrogens with zero attached hydrogens (tertiary/aromatic N) is 4. The van der Waals surface area contributed by atoms with Gasteiger partial charge in [-0.3, -0.25) is 48.1 Å². The third kappa shape index (κ3) is 19.1. The Morgan fingerprint density at radius 3 is 1.65 bits per heavy atom. The maximum absolute atomic E-state index is 14.5. The molecule has 3 heterocycles. The Bertz CT molecular complexity index is 2320. The number of unbranched alkanes of at least 4 members (excludes halogenated alkanes) is 1. The molecule has 0 radical (unpaired) electrons. The lowest BCUT2D eigenvalue weighted by atomic mass is 10.0. The first-order valence-electron chi connectivity index (χ1n) is 28.1. The maximum Gasteiger partial charge on any atom is 0.326 e. The van der Waals surface area contributed by atoms with Crippen molar-refractivity contribution in [3.8, 4) is 0 Å². The Morgan fingerprint density at radius 1 is 0.625 bits per heavy atom. The molecular formula is C54H88N14O12. The van der Waals surface area contributed by atoms with Gasteiger partial charge in [-0.2, -0.15) is 0 Å². The SMILES string of the molecule is CCCC[C@H](N)C(=O)N1CCC[C@H]1C(=O)N[C@@H](CC(C)C)C(=O)N[C@@H](CCN)C(=O)N[C@@H](CO)C(=O)N[C@@H](CCCN=C(N)N)C(=O)N[C@H](C(=O)N1CCC[C@H]1C(=O)N[C@@H](Cc1ccccc1)C(=O)N1CCC[C@H]1C(=O)O)C(C)C. The standard InChI is InChI=1S/C54H88N14O12/c1-6-7-17-34(56)50(76)66-25-12-19-40(66)48(74)62-37(28-31(2)3)46(72)61-36(22-23-55)44(70)64-39(30-69)47(73)60-35(18-11-24-59-54(57)58)45(71)65-43(32(4)5)52(78)67-26-13-20-41(67)49(75)63-38(29-33-15-9-8-10-16-33)51(77)68-27-14-21-42(68)53(79)80/h8-10,15-16,31-32,34-43,69H,6-7,11-14,17-30,55-56H2,1-5H3,(H,60,73)(H,61,72)(H,62,74)(H,63,75)(H,64,70)(H,65,71)(H,79,80)(H4,57,58,59)/t34-,35-,36-,37-,38-,39-,40-,41-,42-,43-/m0/s1. The number of amides is 9. The van der Waals surface area contributed by atoms with Crippen LogP contribution in [-0.4, -0.2) is 190 Å². The van der Waals surface area contributed by atoms with E-state index in [0.29, 0.717) is 44.2 Å². The number of benzene rings is 1. The van der Waals surface area contributed by atoms with Gasteiger partial charge < -0.3 is 79.7 Å². The molecule has 26 nitrogen and oxygen atoms in total. The number of carboxylic acids is 1. The molecule has 3 saturated heterocycles. The minimum Gasteiger partial charge on any atom is -0.480 e. The minimum atomic E-state index is -1.68. The van der Waals surface area contributed by atoms with Crippen LogP contribution >= 0.6 is 0 Å². The van der Waals surface area contributed by atoms with Crippen molar-refractivity contribution in [2.24, 2.45) is 39.8 Å². The summed E-state index contributed by atoms with van der Waals surface area (Å²) >= 11 is 0. The third-order valence-electron chi connectivity index (χ3n) is 14.6. The molecule has 0 spiro atoms. The average molecular weight is 1130 g/mol. The van der Waals surface area contributed by atoms with Gasteiger partial charge in [-0.15, -0.1) is 0 Å². The molecular weight excluding hydrogens is 1040 g/mol. The van der Waals surface area contributed by atoms with Crippen LogP contribution < -0.4 is 54.8 Å². The third-order valence-corrected chi connectivity index (χ3v) is 14.6. The van der Waals surface area contributed by atoms with Crippen LogP contribution in [0.3, 0.4) is 0 Å². The van der Waals surface area contributed by atoms with E-state index in [9.17, 15) is 58.2 Å². The van der Waals surface area contributed by atoms with Crippen molar-refractivity contribution in [3.63, 3.8) is 0 Å². The number of aliphatic hydroxyl groups is 1. The van der Waals surface area contributed by atoms with E-state index in [2.05, 4.69) is 36.9 Å². The van der Waals surface area contributed by atoms with Gasteiger partial charge in [0.25, 0.3) is 0 Å². The van der Waals surface area contributed by atoms with Gasteiger partial charge in [-0.1, -0.05) is 77.8 Å². The Labute approximate surface area is 468 Å². The number of carboxylic acid groups (broad SMARTS) is 1. The van der Waals surface area contributed by atoms with E-state index in [0.717, 1.165) is 12.8 Å². The maximum atomic E-state index is 14.5. The molecule has 1 aromatic rings. The van der Waals surface area contributed by atoms with E-state index in [1.54, 1.807) is 44.2 Å². The molecule has 446 valence electrons. The summed E-state index contributed by atoms with van der Waals surface area (Å²) in [6, 6.07) is -2.82. The summed E-state index contributed by atoms with van der Waals surface area (Å²) in [6.07, 6.45) is 4.49. The molecule has 0 saturated carbocycles. The number of hydrogen-bond donors (Lipinski definition) is 12. The van der Waals surface area contributed by atoms with Crippen LogP contribution in [0.5, 0.6) is 0 Å². The lowest BCUT2D eigenvalue weighted by Crippen LogP contribution is -2.61. The van der Waals surface area contributed by atoms with Gasteiger partial charge in [-0.05, 0) is 94.6 Å². The molecule has 10 atom stereocenters. The number of guanidine groups is 1. The van der Waals surface area contributed by atoms with Gasteiger partial charge in [0.05, 0.1) is 12.6 Å². The van der Waals surface area contributed by atoms with Crippen LogP contribution in [0.25, 0.3) is 0 Å². The lowest BCUT2D eigenvalue weighted by molar-refractivity contribution is -0.150. The normalized spacial score (nSPS) is 19.7. The molecule has 26 heteroatoms. The predicted molar refractivity (Wildman–Crippen MR) is 296 cm³/mol. The molecule has 9 amide bonds. The predicted octanol–water partition coefficient (Wildman–Crippen LogP) is -2.19. The monoisotopic (exact) mass is 1120 g/mol. The fourth-order valence-corrected chi connectivity index (χ4v) is 10.3. The Hall–Kier alpha value is -6.93. The van der Waals surface area contributed by atoms with Crippen LogP contribution in [0.2, 0.25) is 0 Å². The van der Waals surface area contributed by atoms with Gasteiger partial charge in [-0.25, -0.2) is 4.79 Å². The van der Waals surface area contributed by atoms with Gasteiger partial charge >= 0.3 is 5.97 Å².